The van der Waals surface area contributed by atoms with Crippen molar-refractivity contribution in [1.82, 2.24) is 4.90 Å². The number of carboxylic acid groups (broad SMARTS) is 1. The first-order valence-electron chi connectivity index (χ1n) is 9.52. The highest BCUT2D eigenvalue weighted by Crippen LogP contribution is 2.18. The van der Waals surface area contributed by atoms with Crippen LogP contribution >= 0.6 is 0 Å². The molecule has 148 valence electrons. The van der Waals surface area contributed by atoms with E-state index in [1.54, 1.807) is 7.11 Å². The third-order valence-electron chi connectivity index (χ3n) is 4.90. The minimum Gasteiger partial charge on any atom is -0.497 e. The van der Waals surface area contributed by atoms with E-state index in [0.717, 1.165) is 42.0 Å². The van der Waals surface area contributed by atoms with E-state index in [9.17, 15) is 9.90 Å². The number of ether oxygens (including phenoxy) is 1. The summed E-state index contributed by atoms with van der Waals surface area (Å²) in [4.78, 5) is 19.0. The number of benzene rings is 2. The van der Waals surface area contributed by atoms with E-state index < -0.39 is 5.97 Å². The van der Waals surface area contributed by atoms with Gasteiger partial charge in [-0.05, 0) is 31.5 Å². The molecular weight excluding hydrogens is 356 g/mol. The van der Waals surface area contributed by atoms with Crippen LogP contribution in [-0.2, 0) is 9.63 Å². The largest absolute Gasteiger partial charge is 0.497 e. The molecule has 28 heavy (non-hydrogen) atoms. The van der Waals surface area contributed by atoms with E-state index in [1.807, 2.05) is 54.6 Å². The van der Waals surface area contributed by atoms with Crippen molar-refractivity contribution in [3.63, 3.8) is 0 Å². The lowest BCUT2D eigenvalue weighted by atomic mass is 9.98. The lowest BCUT2D eigenvalue weighted by molar-refractivity contribution is -0.143. The van der Waals surface area contributed by atoms with Crippen LogP contribution in [-0.4, -0.2) is 55.0 Å². The van der Waals surface area contributed by atoms with E-state index in [2.05, 4.69) is 10.1 Å². The highest BCUT2D eigenvalue weighted by Gasteiger charge is 2.25. The zero-order valence-corrected chi connectivity index (χ0v) is 16.1. The highest BCUT2D eigenvalue weighted by molar-refractivity contribution is 6.12. The Morgan fingerprint density at radius 1 is 1.18 bits per heavy atom. The monoisotopic (exact) mass is 382 g/mol. The number of hydrogen-bond acceptors (Lipinski definition) is 5. The maximum absolute atomic E-state index is 11.2. The van der Waals surface area contributed by atoms with E-state index in [1.165, 1.54) is 0 Å². The zero-order valence-electron chi connectivity index (χ0n) is 16.1. The van der Waals surface area contributed by atoms with E-state index in [-0.39, 0.29) is 5.92 Å². The summed E-state index contributed by atoms with van der Waals surface area (Å²) in [6.07, 6.45) is 1.65. The average molecular weight is 382 g/mol. The van der Waals surface area contributed by atoms with Crippen molar-refractivity contribution >= 4 is 11.7 Å². The second-order valence-electron chi connectivity index (χ2n) is 6.85. The molecule has 1 atom stereocenters. The number of hydrogen-bond donors (Lipinski definition) is 1. The minimum absolute atomic E-state index is 0.283. The molecule has 1 heterocycles. The molecule has 2 aromatic carbocycles. The normalized spacial score (nSPS) is 17.9. The molecule has 0 aromatic heterocycles. The Labute approximate surface area is 165 Å². The van der Waals surface area contributed by atoms with Gasteiger partial charge in [0, 0.05) is 24.2 Å². The minimum atomic E-state index is -0.715. The molecule has 1 fully saturated rings. The summed E-state index contributed by atoms with van der Waals surface area (Å²) in [6.45, 7) is 2.54. The summed E-state index contributed by atoms with van der Waals surface area (Å²) < 4.78 is 5.32. The predicted molar refractivity (Wildman–Crippen MR) is 108 cm³/mol. The van der Waals surface area contributed by atoms with Crippen molar-refractivity contribution in [3.8, 4) is 5.75 Å². The molecule has 1 aliphatic heterocycles. The first kappa shape index (κ1) is 19.9. The summed E-state index contributed by atoms with van der Waals surface area (Å²) in [6, 6.07) is 17.6. The lowest BCUT2D eigenvalue weighted by Crippen LogP contribution is -2.40. The summed E-state index contributed by atoms with van der Waals surface area (Å²) in [5.41, 5.74) is 2.61. The molecule has 1 unspecified atom stereocenters. The Morgan fingerprint density at radius 3 is 2.71 bits per heavy atom. The highest BCUT2D eigenvalue weighted by atomic mass is 16.6. The standard InChI is InChI=1S/C22H26N2O4/c1-27-20-11-5-9-18(15-20)21(17-7-3-2-4-8-17)23-28-14-13-24-12-6-10-19(16-24)22(25)26/h2-5,7-9,11,15,19H,6,10,12-14,16H2,1H3,(H,25,26). The van der Waals surface area contributed by atoms with Crippen LogP contribution in [0.2, 0.25) is 0 Å². The number of likely N-dealkylation sites (tertiary alicyclic amines) is 1. The van der Waals surface area contributed by atoms with Gasteiger partial charge in [0.05, 0.1) is 13.0 Å². The maximum atomic E-state index is 11.2. The number of piperidine rings is 1. The van der Waals surface area contributed by atoms with Crippen LogP contribution in [0, 0.1) is 5.92 Å². The average Bonchev–Trinajstić information content (AvgIpc) is 2.74. The number of rotatable bonds is 8. The van der Waals surface area contributed by atoms with Crippen molar-refractivity contribution < 1.29 is 19.5 Å². The maximum Gasteiger partial charge on any atom is 0.307 e. The second-order valence-corrected chi connectivity index (χ2v) is 6.85. The van der Waals surface area contributed by atoms with Gasteiger partial charge in [0.1, 0.15) is 18.1 Å². The molecule has 6 heteroatoms. The second kappa shape index (κ2) is 9.90. The zero-order chi connectivity index (χ0) is 19.8. The molecule has 3 rings (SSSR count). The van der Waals surface area contributed by atoms with Crippen LogP contribution in [0.5, 0.6) is 5.75 Å². The number of methoxy groups -OCH3 is 1. The third-order valence-corrected chi connectivity index (χ3v) is 4.90. The van der Waals surface area contributed by atoms with Gasteiger partial charge in [-0.25, -0.2) is 0 Å². The Morgan fingerprint density at radius 2 is 1.96 bits per heavy atom. The van der Waals surface area contributed by atoms with Crippen LogP contribution < -0.4 is 4.74 Å². The Bertz CT molecular complexity index is 807. The molecule has 2 aromatic rings. The molecule has 0 radical (unpaired) electrons. The molecular formula is C22H26N2O4. The van der Waals surface area contributed by atoms with Gasteiger partial charge < -0.3 is 14.7 Å². The first-order valence-corrected chi connectivity index (χ1v) is 9.52. The fraction of sp³-hybridized carbons (Fsp3) is 0.364. The molecule has 1 N–H and O–H groups in total. The van der Waals surface area contributed by atoms with Crippen LogP contribution in [0.3, 0.4) is 0 Å². The van der Waals surface area contributed by atoms with E-state index in [0.29, 0.717) is 19.7 Å². The van der Waals surface area contributed by atoms with Crippen LogP contribution in [0.1, 0.15) is 24.0 Å². The topological polar surface area (TPSA) is 71.4 Å². The molecule has 0 amide bonds. The fourth-order valence-electron chi connectivity index (χ4n) is 3.38. The van der Waals surface area contributed by atoms with Gasteiger partial charge in [0.2, 0.25) is 0 Å². The first-order chi connectivity index (χ1) is 13.7. The summed E-state index contributed by atoms with van der Waals surface area (Å²) in [5.74, 6) is -0.240. The SMILES string of the molecule is COc1cccc(C(=NOCCN2CCCC(C(=O)O)C2)c2ccccc2)c1. The smallest absolute Gasteiger partial charge is 0.307 e. The van der Waals surface area contributed by atoms with E-state index in [4.69, 9.17) is 9.57 Å². The Balaban J connectivity index is 1.67. The summed E-state index contributed by atoms with van der Waals surface area (Å²) in [5, 5.41) is 13.6. The van der Waals surface area contributed by atoms with E-state index >= 15 is 0 Å². The number of carboxylic acids is 1. The predicted octanol–water partition coefficient (Wildman–Crippen LogP) is 3.26. The van der Waals surface area contributed by atoms with Crippen molar-refractivity contribution in [1.29, 1.82) is 0 Å². The number of nitrogens with zero attached hydrogens (tertiary/aromatic N) is 2. The summed E-state index contributed by atoms with van der Waals surface area (Å²) >= 11 is 0. The van der Waals surface area contributed by atoms with Gasteiger partial charge in [0.15, 0.2) is 0 Å². The Hall–Kier alpha value is -2.86. The van der Waals surface area contributed by atoms with Crippen LogP contribution in [0.25, 0.3) is 0 Å². The van der Waals surface area contributed by atoms with Gasteiger partial charge in [-0.3, -0.25) is 9.69 Å². The van der Waals surface area contributed by atoms with Gasteiger partial charge in [0.25, 0.3) is 0 Å². The molecule has 1 saturated heterocycles. The van der Waals surface area contributed by atoms with Crippen molar-refractivity contribution in [2.75, 3.05) is 33.4 Å². The molecule has 0 aliphatic carbocycles. The number of oxime groups is 1. The Kier molecular flexibility index (Phi) is 7.03. The van der Waals surface area contributed by atoms with Gasteiger partial charge in [-0.2, -0.15) is 0 Å². The quantitative estimate of drug-likeness (QED) is 0.431. The number of aliphatic carboxylic acids is 1. The van der Waals surface area contributed by atoms with Crippen molar-refractivity contribution in [3.05, 3.63) is 65.7 Å². The molecule has 6 nitrogen and oxygen atoms in total. The van der Waals surface area contributed by atoms with Gasteiger partial charge in [-0.1, -0.05) is 47.6 Å². The fourth-order valence-corrected chi connectivity index (χ4v) is 3.38. The third kappa shape index (κ3) is 5.33. The van der Waals surface area contributed by atoms with Crippen molar-refractivity contribution in [2.45, 2.75) is 12.8 Å². The van der Waals surface area contributed by atoms with Crippen LogP contribution in [0.4, 0.5) is 0 Å². The van der Waals surface area contributed by atoms with Gasteiger partial charge >= 0.3 is 5.97 Å². The summed E-state index contributed by atoms with van der Waals surface area (Å²) in [7, 11) is 1.64. The number of carbonyl (C=O) groups is 1. The molecule has 0 spiro atoms. The van der Waals surface area contributed by atoms with Crippen molar-refractivity contribution in [2.24, 2.45) is 11.1 Å². The molecule has 1 aliphatic rings. The molecule has 0 saturated carbocycles. The van der Waals surface area contributed by atoms with Gasteiger partial charge in [-0.15, -0.1) is 0 Å². The lowest BCUT2D eigenvalue weighted by Gasteiger charge is -2.29. The molecule has 0 bridgehead atoms. The van der Waals surface area contributed by atoms with Crippen LogP contribution in [0.15, 0.2) is 59.8 Å².